The van der Waals surface area contributed by atoms with E-state index >= 15 is 0 Å². The van der Waals surface area contributed by atoms with Crippen LogP contribution in [0.2, 0.25) is 0 Å². The lowest BCUT2D eigenvalue weighted by Gasteiger charge is -2.48. The number of hydrogen-bond donors (Lipinski definition) is 12. The van der Waals surface area contributed by atoms with Crippen LogP contribution in [0.1, 0.15) is 348 Å². The summed E-state index contributed by atoms with van der Waals surface area (Å²) in [4.78, 5) is 13.5. The summed E-state index contributed by atoms with van der Waals surface area (Å²) < 4.78 is 34.5. The van der Waals surface area contributed by atoms with E-state index in [0.29, 0.717) is 6.42 Å². The van der Waals surface area contributed by atoms with Crippen LogP contribution in [0.25, 0.3) is 0 Å². The van der Waals surface area contributed by atoms with Gasteiger partial charge in [0.2, 0.25) is 5.91 Å². The molecule has 3 fully saturated rings. The van der Waals surface area contributed by atoms with Crippen molar-refractivity contribution in [3.63, 3.8) is 0 Å². The first kappa shape index (κ1) is 105. The molecule has 0 aromatic carbocycles. The molecule has 17 unspecified atom stereocenters. The molecule has 664 valence electrons. The van der Waals surface area contributed by atoms with E-state index in [-0.39, 0.29) is 18.9 Å². The van der Waals surface area contributed by atoms with Crippen LogP contribution in [0.5, 0.6) is 0 Å². The minimum Gasteiger partial charge on any atom is -0.394 e. The summed E-state index contributed by atoms with van der Waals surface area (Å²) in [7, 11) is 0. The van der Waals surface area contributed by atoms with Crippen LogP contribution in [0.3, 0.4) is 0 Å². The SMILES string of the molecule is CC/C=C\C/C=C\C/C=C\C/C=C\C/C=C\C/C=C\C/C=C\C/C=C\C/C=C\CCCCCCCCCCCCCCCC(=O)NC(COC1OC(CO)C(OC2OC(CO)C(OC3OC(CO)C(O)C(O)C3O)C(O)C2O)C(O)C1O)C(O)/C=C/CCCCCCCCCCCCCCCCCCCCCCCCCCCCC. The summed E-state index contributed by atoms with van der Waals surface area (Å²) in [6.07, 6.45) is 79.1. The molecule has 12 N–H and O–H groups in total. The van der Waals surface area contributed by atoms with E-state index < -0.39 is 124 Å². The fourth-order valence-corrected chi connectivity index (χ4v) is 15.0. The third kappa shape index (κ3) is 52.2. The van der Waals surface area contributed by atoms with E-state index in [1.54, 1.807) is 6.08 Å². The summed E-state index contributed by atoms with van der Waals surface area (Å²) >= 11 is 0. The Morgan fingerprint density at radius 2 is 0.600 bits per heavy atom. The van der Waals surface area contributed by atoms with Gasteiger partial charge in [-0.1, -0.05) is 373 Å². The van der Waals surface area contributed by atoms with Crippen LogP contribution < -0.4 is 5.32 Å². The predicted molar refractivity (Wildman–Crippen MR) is 466 cm³/mol. The molecular formula is C96H167NO18. The van der Waals surface area contributed by atoms with Crippen LogP contribution in [0.4, 0.5) is 0 Å². The van der Waals surface area contributed by atoms with Crippen molar-refractivity contribution < 1.29 is 89.4 Å². The van der Waals surface area contributed by atoms with E-state index in [1.165, 1.54) is 205 Å². The molecule has 0 radical (unpaired) electrons. The van der Waals surface area contributed by atoms with Crippen molar-refractivity contribution in [1.82, 2.24) is 5.32 Å². The zero-order chi connectivity index (χ0) is 83.1. The number of allylic oxidation sites excluding steroid dienone is 19. The molecule has 0 bridgehead atoms. The molecule has 3 saturated heterocycles. The molecule has 3 heterocycles. The highest BCUT2D eigenvalue weighted by Gasteiger charge is 2.54. The average molecular weight is 1620 g/mol. The first-order chi connectivity index (χ1) is 56.3. The van der Waals surface area contributed by atoms with E-state index in [0.717, 1.165) is 116 Å². The molecule has 0 saturated carbocycles. The van der Waals surface area contributed by atoms with Crippen LogP contribution in [0, 0.1) is 0 Å². The molecule has 1 amide bonds. The third-order valence-corrected chi connectivity index (χ3v) is 22.3. The van der Waals surface area contributed by atoms with Gasteiger partial charge in [0.15, 0.2) is 18.9 Å². The standard InChI is InChI=1S/C96H167NO18/c1-3-5-7-9-11-13-15-17-19-21-23-25-27-29-31-33-34-35-36-37-38-39-40-41-42-43-44-46-48-50-52-54-56-58-60-62-64-66-68-70-72-74-84(102)97-79(80(101)73-71-69-67-65-63-61-59-57-55-53-51-49-47-45-32-30-28-26-24-22-20-18-16-14-12-10-8-6-4-2)78-110-94-90(108)87(105)92(82(76-99)112-94)115-96-91(109)88(106)93(83(77-100)113-96)114-95-89(107)86(104)85(103)81(75-98)111-95/h5,7,11,13,17,19,23,25,29,31,34-35,37-38,40-41,43-44,71,73,79-83,85-96,98-101,103-109H,3-4,6,8-10,12,14-16,18,20-22,24,26-28,30,32-33,36,39,42,45-70,72,74-78H2,1-2H3,(H,97,102)/b7-5-,13-11-,19-17-,25-23-,31-29-,35-34-,38-37-,41-40-,44-43-,73-71+. The van der Waals surface area contributed by atoms with Gasteiger partial charge in [0.05, 0.1) is 38.6 Å². The maximum atomic E-state index is 13.5. The first-order valence-electron chi connectivity index (χ1n) is 46.3. The molecule has 3 aliphatic rings. The van der Waals surface area contributed by atoms with Gasteiger partial charge in [-0.2, -0.15) is 0 Å². The van der Waals surface area contributed by atoms with Gasteiger partial charge in [0, 0.05) is 6.42 Å². The number of ether oxygens (including phenoxy) is 6. The molecule has 3 rings (SSSR count). The van der Waals surface area contributed by atoms with Gasteiger partial charge in [-0.3, -0.25) is 4.79 Å². The highest BCUT2D eigenvalue weighted by atomic mass is 16.8. The Hall–Kier alpha value is -3.81. The second-order valence-electron chi connectivity index (χ2n) is 32.4. The van der Waals surface area contributed by atoms with E-state index in [9.17, 15) is 61.0 Å². The maximum absolute atomic E-state index is 13.5. The highest BCUT2D eigenvalue weighted by Crippen LogP contribution is 2.34. The zero-order valence-electron chi connectivity index (χ0n) is 71.7. The number of nitrogens with one attached hydrogen (secondary N) is 1. The zero-order valence-corrected chi connectivity index (χ0v) is 71.7. The van der Waals surface area contributed by atoms with Crippen molar-refractivity contribution >= 4 is 5.91 Å². The smallest absolute Gasteiger partial charge is 0.220 e. The monoisotopic (exact) mass is 1620 g/mol. The number of unbranched alkanes of at least 4 members (excludes halogenated alkanes) is 40. The van der Waals surface area contributed by atoms with Crippen molar-refractivity contribution in [2.75, 3.05) is 26.4 Å². The van der Waals surface area contributed by atoms with Gasteiger partial charge in [0.1, 0.15) is 73.2 Å². The van der Waals surface area contributed by atoms with Crippen molar-refractivity contribution in [3.05, 3.63) is 122 Å². The lowest BCUT2D eigenvalue weighted by atomic mass is 9.96. The molecular weight excluding hydrogens is 1460 g/mol. The molecule has 0 aromatic heterocycles. The maximum Gasteiger partial charge on any atom is 0.220 e. The highest BCUT2D eigenvalue weighted by molar-refractivity contribution is 5.76. The Kier molecular flexibility index (Phi) is 67.9. The third-order valence-electron chi connectivity index (χ3n) is 22.3. The number of hydrogen-bond acceptors (Lipinski definition) is 18. The largest absolute Gasteiger partial charge is 0.394 e. The van der Waals surface area contributed by atoms with Crippen LogP contribution in [0.15, 0.2) is 122 Å². The van der Waals surface area contributed by atoms with Crippen LogP contribution >= 0.6 is 0 Å². The number of carbonyl (C=O) groups excluding carboxylic acids is 1. The quantitative estimate of drug-likeness (QED) is 0.0199. The van der Waals surface area contributed by atoms with Crippen molar-refractivity contribution in [2.45, 2.75) is 452 Å². The van der Waals surface area contributed by atoms with Gasteiger partial charge in [-0.05, 0) is 89.9 Å². The number of carbonyl (C=O) groups is 1. The number of amides is 1. The second-order valence-corrected chi connectivity index (χ2v) is 32.4. The summed E-state index contributed by atoms with van der Waals surface area (Å²) in [5, 5.41) is 121. The summed E-state index contributed by atoms with van der Waals surface area (Å²) in [5.41, 5.74) is 0. The molecule has 19 heteroatoms. The van der Waals surface area contributed by atoms with E-state index in [2.05, 4.69) is 129 Å². The molecule has 0 aliphatic carbocycles. The molecule has 115 heavy (non-hydrogen) atoms. The first-order valence-corrected chi connectivity index (χ1v) is 46.3. The Labute approximate surface area is 697 Å². The Morgan fingerprint density at radius 3 is 0.939 bits per heavy atom. The second kappa shape index (κ2) is 74.1. The number of aliphatic hydroxyl groups is 11. The lowest BCUT2D eigenvalue weighted by molar-refractivity contribution is -0.379. The molecule has 3 aliphatic heterocycles. The lowest BCUT2D eigenvalue weighted by Crippen LogP contribution is -2.66. The summed E-state index contributed by atoms with van der Waals surface area (Å²) in [5.74, 6) is -0.276. The Bertz CT molecular complexity index is 2550. The fourth-order valence-electron chi connectivity index (χ4n) is 15.0. The number of rotatable bonds is 74. The van der Waals surface area contributed by atoms with E-state index in [1.807, 2.05) is 6.08 Å². The Morgan fingerprint density at radius 1 is 0.322 bits per heavy atom. The predicted octanol–water partition coefficient (Wildman–Crippen LogP) is 18.2. The van der Waals surface area contributed by atoms with Crippen LogP contribution in [-0.4, -0.2) is 193 Å². The van der Waals surface area contributed by atoms with Gasteiger partial charge in [0.25, 0.3) is 0 Å². The molecule has 0 aromatic rings. The summed E-state index contributed by atoms with van der Waals surface area (Å²) in [6, 6.07) is -0.983. The average Bonchev–Trinajstić information content (AvgIpc) is 0.778. The number of aliphatic hydroxyl groups excluding tert-OH is 11. The van der Waals surface area contributed by atoms with Gasteiger partial charge in [-0.15, -0.1) is 0 Å². The summed E-state index contributed by atoms with van der Waals surface area (Å²) in [6.45, 7) is 1.66. The molecule has 19 nitrogen and oxygen atoms in total. The normalized spacial score (nSPS) is 25.2. The van der Waals surface area contributed by atoms with Gasteiger partial charge >= 0.3 is 0 Å². The van der Waals surface area contributed by atoms with E-state index in [4.69, 9.17) is 28.4 Å². The van der Waals surface area contributed by atoms with Crippen LogP contribution in [-0.2, 0) is 33.2 Å². The van der Waals surface area contributed by atoms with Crippen molar-refractivity contribution in [1.29, 1.82) is 0 Å². The minimum absolute atomic E-state index is 0.236. The van der Waals surface area contributed by atoms with Crippen molar-refractivity contribution in [2.24, 2.45) is 0 Å². The molecule has 17 atom stereocenters. The molecule has 0 spiro atoms. The Balaban J connectivity index is 1.32. The topological polar surface area (TPSA) is 307 Å². The van der Waals surface area contributed by atoms with Gasteiger partial charge < -0.3 is 89.9 Å². The van der Waals surface area contributed by atoms with Gasteiger partial charge in [-0.25, -0.2) is 0 Å². The van der Waals surface area contributed by atoms with Crippen molar-refractivity contribution in [3.8, 4) is 0 Å². The minimum atomic E-state index is -1.98. The fraction of sp³-hybridized carbons (Fsp3) is 0.781.